The fourth-order valence-electron chi connectivity index (χ4n) is 2.23. The molecule has 2 fully saturated rings. The summed E-state index contributed by atoms with van der Waals surface area (Å²) in [5, 5.41) is 3.22. The maximum Gasteiger partial charge on any atom is 0.255 e. The lowest BCUT2D eigenvalue weighted by molar-refractivity contribution is -0.134. The Morgan fingerprint density at radius 1 is 1.12 bits per heavy atom. The number of ether oxygens (including phenoxy) is 1. The largest absolute Gasteiger partial charge is 0.490 e. The van der Waals surface area contributed by atoms with Crippen molar-refractivity contribution in [3.05, 3.63) is 29.8 Å². The summed E-state index contributed by atoms with van der Waals surface area (Å²) in [7, 11) is 0. The van der Waals surface area contributed by atoms with Crippen LogP contribution in [0.2, 0.25) is 0 Å². The van der Waals surface area contributed by atoms with E-state index in [4.69, 9.17) is 4.74 Å². The van der Waals surface area contributed by atoms with Crippen LogP contribution >= 0.6 is 0 Å². The first-order valence-electron chi connectivity index (χ1n) is 5.98. The van der Waals surface area contributed by atoms with E-state index in [1.54, 1.807) is 0 Å². The minimum atomic E-state index is -2.51. The molecule has 1 heterocycles. The molecule has 2 aliphatic rings. The molecule has 0 spiro atoms. The molecule has 0 bridgehead atoms. The lowest BCUT2D eigenvalue weighted by Gasteiger charge is -2.35. The van der Waals surface area contributed by atoms with Crippen LogP contribution in [0.5, 0.6) is 5.75 Å². The van der Waals surface area contributed by atoms with Gasteiger partial charge in [0.1, 0.15) is 11.9 Å². The van der Waals surface area contributed by atoms with Crippen LogP contribution in [0.1, 0.15) is 24.3 Å². The first kappa shape index (κ1) is 11.0. The van der Waals surface area contributed by atoms with Crippen LogP contribution in [0.3, 0.4) is 0 Å². The van der Waals surface area contributed by atoms with E-state index in [0.29, 0.717) is 11.7 Å². The second-order valence-electron chi connectivity index (χ2n) is 4.93. The number of hydrogen-bond acceptors (Lipinski definition) is 2. The van der Waals surface area contributed by atoms with Gasteiger partial charge in [0.2, 0.25) is 0 Å². The van der Waals surface area contributed by atoms with Crippen molar-refractivity contribution in [1.82, 2.24) is 5.32 Å². The lowest BCUT2D eigenvalue weighted by Crippen LogP contribution is -2.43. The van der Waals surface area contributed by atoms with Crippen molar-refractivity contribution in [2.75, 3.05) is 13.1 Å². The molecule has 1 aliphatic carbocycles. The molecule has 0 amide bonds. The zero-order valence-electron chi connectivity index (χ0n) is 9.46. The van der Waals surface area contributed by atoms with Crippen LogP contribution in [-0.2, 0) is 0 Å². The number of halogens is 2. The van der Waals surface area contributed by atoms with Crippen molar-refractivity contribution < 1.29 is 13.5 Å². The van der Waals surface area contributed by atoms with Gasteiger partial charge in [0, 0.05) is 31.8 Å². The number of benzene rings is 1. The van der Waals surface area contributed by atoms with E-state index in [-0.39, 0.29) is 18.9 Å². The van der Waals surface area contributed by atoms with E-state index >= 15 is 0 Å². The first-order chi connectivity index (χ1) is 8.12. The average Bonchev–Trinajstić information content (AvgIpc) is 2.15. The summed E-state index contributed by atoms with van der Waals surface area (Å²) in [5.74, 6) is -1.22. The molecular weight excluding hydrogens is 224 g/mol. The quantitative estimate of drug-likeness (QED) is 0.875. The van der Waals surface area contributed by atoms with Gasteiger partial charge in [-0.25, -0.2) is 8.78 Å². The monoisotopic (exact) mass is 239 g/mol. The Kier molecular flexibility index (Phi) is 2.54. The highest BCUT2D eigenvalue weighted by atomic mass is 19.3. The minimum Gasteiger partial charge on any atom is -0.490 e. The van der Waals surface area contributed by atoms with Gasteiger partial charge in [-0.15, -0.1) is 0 Å². The Balaban J connectivity index is 1.57. The normalized spacial score (nSPS) is 23.9. The predicted molar refractivity (Wildman–Crippen MR) is 60.6 cm³/mol. The molecule has 4 heteroatoms. The van der Waals surface area contributed by atoms with Crippen LogP contribution in [0.15, 0.2) is 24.3 Å². The highest BCUT2D eigenvalue weighted by Crippen LogP contribution is 2.39. The molecule has 1 aromatic rings. The molecule has 0 atom stereocenters. The third-order valence-electron chi connectivity index (χ3n) is 3.49. The number of hydrogen-bond donors (Lipinski definition) is 1. The highest BCUT2D eigenvalue weighted by Gasteiger charge is 2.46. The van der Waals surface area contributed by atoms with E-state index < -0.39 is 5.92 Å². The fraction of sp³-hybridized carbons (Fsp3) is 0.538. The fourth-order valence-corrected chi connectivity index (χ4v) is 2.23. The maximum absolute atomic E-state index is 12.6. The number of rotatable bonds is 3. The molecule has 1 saturated carbocycles. The van der Waals surface area contributed by atoms with Crippen molar-refractivity contribution in [3.8, 4) is 5.75 Å². The van der Waals surface area contributed by atoms with E-state index in [0.717, 1.165) is 13.1 Å². The average molecular weight is 239 g/mol. The van der Waals surface area contributed by atoms with Crippen LogP contribution in [-0.4, -0.2) is 25.1 Å². The molecule has 92 valence electrons. The van der Waals surface area contributed by atoms with Crippen molar-refractivity contribution >= 4 is 0 Å². The highest BCUT2D eigenvalue weighted by molar-refractivity contribution is 5.31. The van der Waals surface area contributed by atoms with Crippen molar-refractivity contribution in [2.45, 2.75) is 30.8 Å². The lowest BCUT2D eigenvalue weighted by atomic mass is 9.91. The summed E-state index contributed by atoms with van der Waals surface area (Å²) in [6.07, 6.45) is -0.621. The summed E-state index contributed by atoms with van der Waals surface area (Å²) >= 11 is 0. The Hall–Kier alpha value is -1.16. The van der Waals surface area contributed by atoms with E-state index in [1.807, 2.05) is 24.3 Å². The topological polar surface area (TPSA) is 21.3 Å². The Labute approximate surface area is 99.0 Å². The van der Waals surface area contributed by atoms with Gasteiger partial charge in [-0.05, 0) is 17.7 Å². The minimum absolute atomic E-state index is 0.151. The second-order valence-corrected chi connectivity index (χ2v) is 4.93. The Morgan fingerprint density at radius 2 is 1.76 bits per heavy atom. The van der Waals surface area contributed by atoms with E-state index in [1.165, 1.54) is 5.56 Å². The third kappa shape index (κ3) is 2.27. The maximum atomic E-state index is 12.6. The molecule has 1 aliphatic heterocycles. The first-order valence-corrected chi connectivity index (χ1v) is 5.98. The summed E-state index contributed by atoms with van der Waals surface area (Å²) in [6, 6.07) is 7.81. The summed E-state index contributed by atoms with van der Waals surface area (Å²) in [4.78, 5) is 0. The molecule has 0 unspecified atom stereocenters. The third-order valence-corrected chi connectivity index (χ3v) is 3.49. The summed E-state index contributed by atoms with van der Waals surface area (Å²) in [6.45, 7) is 2.05. The molecule has 0 radical (unpaired) electrons. The number of alkyl halides is 2. The van der Waals surface area contributed by atoms with Crippen molar-refractivity contribution in [1.29, 1.82) is 0 Å². The van der Waals surface area contributed by atoms with Gasteiger partial charge < -0.3 is 10.1 Å². The van der Waals surface area contributed by atoms with Crippen molar-refractivity contribution in [3.63, 3.8) is 0 Å². The van der Waals surface area contributed by atoms with Gasteiger partial charge in [0.25, 0.3) is 5.92 Å². The van der Waals surface area contributed by atoms with E-state index in [9.17, 15) is 8.78 Å². The molecule has 1 N–H and O–H groups in total. The molecule has 17 heavy (non-hydrogen) atoms. The molecule has 0 aromatic heterocycles. The molecular formula is C13H15F2NO. The molecule has 2 nitrogen and oxygen atoms in total. The van der Waals surface area contributed by atoms with Crippen LogP contribution < -0.4 is 10.1 Å². The van der Waals surface area contributed by atoms with Gasteiger partial charge in [0.15, 0.2) is 0 Å². The Bertz CT molecular complexity index is 392. The second kappa shape index (κ2) is 3.95. The zero-order valence-corrected chi connectivity index (χ0v) is 9.46. The predicted octanol–water partition coefficient (Wildman–Crippen LogP) is 2.55. The van der Waals surface area contributed by atoms with Gasteiger partial charge in [-0.2, -0.15) is 0 Å². The summed E-state index contributed by atoms with van der Waals surface area (Å²) in [5.41, 5.74) is 1.29. The van der Waals surface area contributed by atoms with Crippen LogP contribution in [0, 0.1) is 0 Å². The van der Waals surface area contributed by atoms with Crippen molar-refractivity contribution in [2.24, 2.45) is 0 Å². The standard InChI is InChI=1S/C13H15F2NO/c14-13(15)5-12(6-13)17-11-3-1-9(2-4-11)10-7-16-8-10/h1-4,10,12,16H,5-8H2. The van der Waals surface area contributed by atoms with Gasteiger partial charge in [-0.1, -0.05) is 12.1 Å². The SMILES string of the molecule is FC1(F)CC(Oc2ccc(C3CNC3)cc2)C1. The Morgan fingerprint density at radius 3 is 2.24 bits per heavy atom. The number of nitrogens with one attached hydrogen (secondary N) is 1. The molecule has 1 saturated heterocycles. The molecule has 1 aromatic carbocycles. The van der Waals surface area contributed by atoms with Gasteiger partial charge in [-0.3, -0.25) is 0 Å². The van der Waals surface area contributed by atoms with Gasteiger partial charge >= 0.3 is 0 Å². The van der Waals surface area contributed by atoms with Gasteiger partial charge in [0.05, 0.1) is 0 Å². The molecule has 3 rings (SSSR count). The van der Waals surface area contributed by atoms with E-state index in [2.05, 4.69) is 5.32 Å². The van der Waals surface area contributed by atoms with Crippen LogP contribution in [0.4, 0.5) is 8.78 Å². The summed E-state index contributed by atoms with van der Waals surface area (Å²) < 4.78 is 30.7. The smallest absolute Gasteiger partial charge is 0.255 e. The zero-order chi connectivity index (χ0) is 11.9. The van der Waals surface area contributed by atoms with Crippen LogP contribution in [0.25, 0.3) is 0 Å².